The Morgan fingerprint density at radius 1 is 1.30 bits per heavy atom. The Balaban J connectivity index is 1.74. The summed E-state index contributed by atoms with van der Waals surface area (Å²) in [6, 6.07) is 4.12. The SMILES string of the molecule is CC(C)Cn1c(SC(C)C(=O)N(C)C2CCCCC2)nnc1-c1ccco1. The summed E-state index contributed by atoms with van der Waals surface area (Å²) in [5.74, 6) is 2.03. The monoisotopic (exact) mass is 390 g/mol. The number of hydrogen-bond acceptors (Lipinski definition) is 5. The van der Waals surface area contributed by atoms with Crippen molar-refractivity contribution in [2.45, 2.75) is 75.9 Å². The first-order chi connectivity index (χ1) is 13.0. The average Bonchev–Trinajstić information content (AvgIpc) is 3.31. The van der Waals surface area contributed by atoms with Crippen LogP contribution in [0.25, 0.3) is 11.6 Å². The molecule has 0 bridgehead atoms. The zero-order chi connectivity index (χ0) is 19.4. The smallest absolute Gasteiger partial charge is 0.235 e. The van der Waals surface area contributed by atoms with Crippen molar-refractivity contribution in [3.8, 4) is 11.6 Å². The van der Waals surface area contributed by atoms with Crippen LogP contribution in [0.2, 0.25) is 0 Å². The molecule has 0 spiro atoms. The van der Waals surface area contributed by atoms with E-state index in [0.29, 0.717) is 17.7 Å². The Kier molecular flexibility index (Phi) is 6.63. The molecule has 1 amide bonds. The Morgan fingerprint density at radius 2 is 2.04 bits per heavy atom. The van der Waals surface area contributed by atoms with Crippen LogP contribution >= 0.6 is 11.8 Å². The lowest BCUT2D eigenvalue weighted by Crippen LogP contribution is -2.42. The molecule has 1 fully saturated rings. The predicted octanol–water partition coefficient (Wildman–Crippen LogP) is 4.47. The molecule has 1 aliphatic carbocycles. The van der Waals surface area contributed by atoms with Gasteiger partial charge in [-0.1, -0.05) is 44.9 Å². The number of hydrogen-bond donors (Lipinski definition) is 0. The Morgan fingerprint density at radius 3 is 2.67 bits per heavy atom. The van der Waals surface area contributed by atoms with Crippen LogP contribution in [0.15, 0.2) is 28.0 Å². The highest BCUT2D eigenvalue weighted by Gasteiger charge is 2.28. The number of rotatable bonds is 7. The molecule has 0 aromatic carbocycles. The summed E-state index contributed by atoms with van der Waals surface area (Å²) >= 11 is 1.49. The molecule has 7 heteroatoms. The van der Waals surface area contributed by atoms with Crippen LogP contribution in [-0.2, 0) is 11.3 Å². The van der Waals surface area contributed by atoms with Crippen LogP contribution in [-0.4, -0.2) is 43.9 Å². The Labute approximate surface area is 165 Å². The number of aromatic nitrogens is 3. The minimum Gasteiger partial charge on any atom is -0.461 e. The number of nitrogens with zero attached hydrogens (tertiary/aromatic N) is 4. The van der Waals surface area contributed by atoms with Gasteiger partial charge in [-0.15, -0.1) is 10.2 Å². The molecule has 0 aliphatic heterocycles. The van der Waals surface area contributed by atoms with Crippen LogP contribution in [0.4, 0.5) is 0 Å². The van der Waals surface area contributed by atoms with Crippen LogP contribution in [0.5, 0.6) is 0 Å². The standard InChI is InChI=1S/C20H30N4O2S/c1-14(2)13-24-18(17-11-8-12-26-17)21-22-20(24)27-15(3)19(25)23(4)16-9-6-5-7-10-16/h8,11-12,14-16H,5-7,9-10,13H2,1-4H3. The van der Waals surface area contributed by atoms with Gasteiger partial charge < -0.3 is 9.32 Å². The molecule has 2 aromatic heterocycles. The van der Waals surface area contributed by atoms with E-state index in [1.165, 1.54) is 31.0 Å². The van der Waals surface area contributed by atoms with Crippen LogP contribution in [0.1, 0.15) is 52.9 Å². The Bertz CT molecular complexity index is 735. The molecule has 148 valence electrons. The second-order valence-corrected chi connectivity index (χ2v) is 9.10. The third kappa shape index (κ3) is 4.75. The molecular weight excluding hydrogens is 360 g/mol. The van der Waals surface area contributed by atoms with Crippen LogP contribution in [0.3, 0.4) is 0 Å². The minimum atomic E-state index is -0.198. The maximum Gasteiger partial charge on any atom is 0.235 e. The van der Waals surface area contributed by atoms with Crippen LogP contribution < -0.4 is 0 Å². The van der Waals surface area contributed by atoms with Gasteiger partial charge in [0, 0.05) is 19.6 Å². The second-order valence-electron chi connectivity index (χ2n) is 7.79. The van der Waals surface area contributed by atoms with E-state index < -0.39 is 0 Å². The Hall–Kier alpha value is -1.76. The molecule has 3 rings (SSSR count). The van der Waals surface area contributed by atoms with E-state index in [2.05, 4.69) is 28.6 Å². The van der Waals surface area contributed by atoms with Gasteiger partial charge in [-0.25, -0.2) is 0 Å². The highest BCUT2D eigenvalue weighted by Crippen LogP contribution is 2.30. The number of carbonyl (C=O) groups is 1. The van der Waals surface area contributed by atoms with Crippen molar-refractivity contribution in [3.63, 3.8) is 0 Å². The third-order valence-electron chi connectivity index (χ3n) is 5.11. The first kappa shape index (κ1) is 20.0. The fourth-order valence-electron chi connectivity index (χ4n) is 3.64. The van der Waals surface area contributed by atoms with Gasteiger partial charge in [-0.05, 0) is 37.8 Å². The van der Waals surface area contributed by atoms with Crippen molar-refractivity contribution >= 4 is 17.7 Å². The zero-order valence-corrected chi connectivity index (χ0v) is 17.5. The fraction of sp³-hybridized carbons (Fsp3) is 0.650. The normalized spacial score (nSPS) is 16.6. The maximum atomic E-state index is 12.9. The lowest BCUT2D eigenvalue weighted by molar-refractivity contribution is -0.131. The highest BCUT2D eigenvalue weighted by atomic mass is 32.2. The summed E-state index contributed by atoms with van der Waals surface area (Å²) in [7, 11) is 1.95. The molecule has 1 unspecified atom stereocenters. The largest absolute Gasteiger partial charge is 0.461 e. The van der Waals surface area contributed by atoms with E-state index in [0.717, 1.165) is 30.4 Å². The summed E-state index contributed by atoms with van der Waals surface area (Å²) in [5, 5.41) is 9.27. The zero-order valence-electron chi connectivity index (χ0n) is 16.7. The maximum absolute atomic E-state index is 12.9. The van der Waals surface area contributed by atoms with Gasteiger partial charge in [0.15, 0.2) is 16.7 Å². The molecule has 6 nitrogen and oxygen atoms in total. The van der Waals surface area contributed by atoms with Gasteiger partial charge >= 0.3 is 0 Å². The average molecular weight is 391 g/mol. The topological polar surface area (TPSA) is 64.2 Å². The van der Waals surface area contributed by atoms with E-state index in [9.17, 15) is 4.79 Å². The number of thioether (sulfide) groups is 1. The first-order valence-electron chi connectivity index (χ1n) is 9.87. The van der Waals surface area contributed by atoms with Crippen molar-refractivity contribution in [2.75, 3.05) is 7.05 Å². The van der Waals surface area contributed by atoms with Crippen molar-refractivity contribution in [3.05, 3.63) is 18.4 Å². The van der Waals surface area contributed by atoms with Crippen molar-refractivity contribution in [1.29, 1.82) is 0 Å². The second kappa shape index (κ2) is 8.95. The van der Waals surface area contributed by atoms with Crippen LogP contribution in [0, 0.1) is 5.92 Å². The first-order valence-corrected chi connectivity index (χ1v) is 10.8. The number of furan rings is 1. The number of carbonyl (C=O) groups excluding carboxylic acids is 1. The summed E-state index contributed by atoms with van der Waals surface area (Å²) in [6.45, 7) is 7.07. The minimum absolute atomic E-state index is 0.172. The molecule has 0 radical (unpaired) electrons. The van der Waals surface area contributed by atoms with Gasteiger partial charge in [0.1, 0.15) is 0 Å². The molecule has 1 saturated carbocycles. The molecule has 2 heterocycles. The van der Waals surface area contributed by atoms with E-state index in [1.54, 1.807) is 6.26 Å². The molecular formula is C20H30N4O2S. The van der Waals surface area contributed by atoms with Crippen molar-refractivity contribution in [1.82, 2.24) is 19.7 Å². The molecule has 1 aliphatic rings. The van der Waals surface area contributed by atoms with E-state index >= 15 is 0 Å². The van der Waals surface area contributed by atoms with Crippen molar-refractivity contribution < 1.29 is 9.21 Å². The molecule has 1 atom stereocenters. The number of amides is 1. The van der Waals surface area contributed by atoms with E-state index in [-0.39, 0.29) is 11.2 Å². The molecule has 0 saturated heterocycles. The quantitative estimate of drug-likeness (QED) is 0.653. The summed E-state index contributed by atoms with van der Waals surface area (Å²) in [6.07, 6.45) is 7.61. The summed E-state index contributed by atoms with van der Waals surface area (Å²) in [4.78, 5) is 14.9. The summed E-state index contributed by atoms with van der Waals surface area (Å²) < 4.78 is 7.59. The highest BCUT2D eigenvalue weighted by molar-refractivity contribution is 8.00. The third-order valence-corrected chi connectivity index (χ3v) is 6.17. The molecule has 2 aromatic rings. The van der Waals surface area contributed by atoms with Crippen molar-refractivity contribution in [2.24, 2.45) is 5.92 Å². The predicted molar refractivity (Wildman–Crippen MR) is 108 cm³/mol. The lowest BCUT2D eigenvalue weighted by atomic mass is 9.94. The van der Waals surface area contributed by atoms with E-state index in [1.807, 2.05) is 31.0 Å². The van der Waals surface area contributed by atoms with E-state index in [4.69, 9.17) is 4.42 Å². The molecule has 27 heavy (non-hydrogen) atoms. The van der Waals surface area contributed by atoms with Gasteiger partial charge in [0.25, 0.3) is 0 Å². The van der Waals surface area contributed by atoms with Gasteiger partial charge in [-0.3, -0.25) is 9.36 Å². The van der Waals surface area contributed by atoms with Gasteiger partial charge in [0.2, 0.25) is 5.91 Å². The van der Waals surface area contributed by atoms with Gasteiger partial charge in [-0.2, -0.15) is 0 Å². The summed E-state index contributed by atoms with van der Waals surface area (Å²) in [5.41, 5.74) is 0. The fourth-order valence-corrected chi connectivity index (χ4v) is 4.60. The van der Waals surface area contributed by atoms with Gasteiger partial charge in [0.05, 0.1) is 11.5 Å². The molecule has 0 N–H and O–H groups in total. The lowest BCUT2D eigenvalue weighted by Gasteiger charge is -2.32.